The van der Waals surface area contributed by atoms with Gasteiger partial charge in [-0.2, -0.15) is 4.31 Å². The zero-order chi connectivity index (χ0) is 19.4. The van der Waals surface area contributed by atoms with E-state index in [0.29, 0.717) is 31.7 Å². The average molecular weight is 409 g/mol. The van der Waals surface area contributed by atoms with Gasteiger partial charge in [-0.05, 0) is 36.6 Å². The van der Waals surface area contributed by atoms with Crippen LogP contribution in [-0.4, -0.2) is 63.3 Å². The van der Waals surface area contributed by atoms with Crippen molar-refractivity contribution in [2.24, 2.45) is 0 Å². The first kappa shape index (κ1) is 20.0. The molecule has 1 aromatic heterocycles. The summed E-state index contributed by atoms with van der Waals surface area (Å²) < 4.78 is 27.4. The molecule has 0 atom stereocenters. The molecular weight excluding hydrogens is 382 g/mol. The van der Waals surface area contributed by atoms with Gasteiger partial charge in [0.05, 0.1) is 44.7 Å². The molecule has 2 heterocycles. The quantitative estimate of drug-likeness (QED) is 0.774. The number of quaternary nitrogens is 1. The van der Waals surface area contributed by atoms with Crippen molar-refractivity contribution in [3.63, 3.8) is 0 Å². The molecule has 0 aliphatic carbocycles. The van der Waals surface area contributed by atoms with E-state index in [1.165, 1.54) is 15.3 Å². The standard InChI is InChI=1S/C19H25N3O3S2/c1-3-21(15-17-7-5-13-26-17)19(23)16-6-4-8-18(14-16)27(24,25)22-11-9-20(2)10-12-22/h4-8,13-14H,3,9-12,15H2,1-2H3/p+1. The fraction of sp³-hybridized carbons (Fsp3) is 0.421. The molecule has 1 aliphatic heterocycles. The largest absolute Gasteiger partial charge is 0.335 e. The van der Waals surface area contributed by atoms with Crippen molar-refractivity contribution in [2.75, 3.05) is 39.8 Å². The Kier molecular flexibility index (Phi) is 6.31. The summed E-state index contributed by atoms with van der Waals surface area (Å²) in [5.41, 5.74) is 0.411. The molecule has 1 N–H and O–H groups in total. The maximum atomic E-state index is 13.0. The average Bonchev–Trinajstić information content (AvgIpc) is 3.19. The summed E-state index contributed by atoms with van der Waals surface area (Å²) in [6.45, 7) is 5.63. The molecule has 8 heteroatoms. The van der Waals surface area contributed by atoms with Crippen LogP contribution in [0.5, 0.6) is 0 Å². The second kappa shape index (κ2) is 8.52. The van der Waals surface area contributed by atoms with Gasteiger partial charge < -0.3 is 9.80 Å². The Hall–Kier alpha value is -1.74. The number of amides is 1. The van der Waals surface area contributed by atoms with Crippen molar-refractivity contribution < 1.29 is 18.1 Å². The minimum absolute atomic E-state index is 0.147. The van der Waals surface area contributed by atoms with Crippen LogP contribution in [0.2, 0.25) is 0 Å². The highest BCUT2D eigenvalue weighted by atomic mass is 32.2. The maximum absolute atomic E-state index is 13.0. The summed E-state index contributed by atoms with van der Waals surface area (Å²) >= 11 is 1.61. The molecular formula is C19H26N3O3S2+. The van der Waals surface area contributed by atoms with E-state index >= 15 is 0 Å². The summed E-state index contributed by atoms with van der Waals surface area (Å²) in [6.07, 6.45) is 0. The normalized spacial score (nSPS) is 16.4. The minimum atomic E-state index is -3.57. The second-order valence-corrected chi connectivity index (χ2v) is 9.76. The Morgan fingerprint density at radius 3 is 2.59 bits per heavy atom. The van der Waals surface area contributed by atoms with Crippen LogP contribution < -0.4 is 4.90 Å². The highest BCUT2D eigenvalue weighted by Crippen LogP contribution is 2.19. The van der Waals surface area contributed by atoms with E-state index in [1.807, 2.05) is 24.4 Å². The topological polar surface area (TPSA) is 62.1 Å². The van der Waals surface area contributed by atoms with Crippen LogP contribution in [-0.2, 0) is 16.6 Å². The number of nitrogens with one attached hydrogen (secondary N) is 1. The molecule has 0 radical (unpaired) electrons. The number of hydrogen-bond donors (Lipinski definition) is 1. The predicted molar refractivity (Wildman–Crippen MR) is 107 cm³/mol. The van der Waals surface area contributed by atoms with Gasteiger partial charge in [0, 0.05) is 17.0 Å². The van der Waals surface area contributed by atoms with Crippen molar-refractivity contribution in [1.29, 1.82) is 0 Å². The van der Waals surface area contributed by atoms with Crippen molar-refractivity contribution in [3.05, 3.63) is 52.2 Å². The van der Waals surface area contributed by atoms with E-state index < -0.39 is 10.0 Å². The second-order valence-electron chi connectivity index (χ2n) is 6.79. The Bertz CT molecular complexity index is 873. The first-order valence-corrected chi connectivity index (χ1v) is 11.5. The summed E-state index contributed by atoms with van der Waals surface area (Å²) in [4.78, 5) is 17.3. The molecule has 1 aromatic carbocycles. The molecule has 1 amide bonds. The van der Waals surface area contributed by atoms with Crippen LogP contribution >= 0.6 is 11.3 Å². The van der Waals surface area contributed by atoms with Crippen LogP contribution in [0.3, 0.4) is 0 Å². The van der Waals surface area contributed by atoms with Gasteiger partial charge in [-0.15, -0.1) is 11.3 Å². The molecule has 1 fully saturated rings. The number of rotatable bonds is 6. The van der Waals surface area contributed by atoms with E-state index in [1.54, 1.807) is 34.4 Å². The van der Waals surface area contributed by atoms with Crippen LogP contribution in [0.4, 0.5) is 0 Å². The molecule has 0 bridgehead atoms. The van der Waals surface area contributed by atoms with Crippen molar-refractivity contribution in [1.82, 2.24) is 9.21 Å². The van der Waals surface area contributed by atoms with Crippen molar-refractivity contribution >= 4 is 27.3 Å². The number of nitrogens with zero attached hydrogens (tertiary/aromatic N) is 2. The lowest BCUT2D eigenvalue weighted by Crippen LogP contribution is -3.12. The molecule has 1 aliphatic rings. The molecule has 27 heavy (non-hydrogen) atoms. The molecule has 1 saturated heterocycles. The van der Waals surface area contributed by atoms with E-state index in [9.17, 15) is 13.2 Å². The number of benzene rings is 1. The third-order valence-electron chi connectivity index (χ3n) is 4.89. The van der Waals surface area contributed by atoms with Gasteiger partial charge in [-0.25, -0.2) is 8.42 Å². The minimum Gasteiger partial charge on any atom is -0.335 e. The number of carbonyl (C=O) groups is 1. The lowest BCUT2D eigenvalue weighted by molar-refractivity contribution is -0.883. The first-order valence-electron chi connectivity index (χ1n) is 9.15. The summed E-state index contributed by atoms with van der Waals surface area (Å²) in [6, 6.07) is 10.4. The smallest absolute Gasteiger partial charge is 0.254 e. The number of thiophene rings is 1. The zero-order valence-corrected chi connectivity index (χ0v) is 17.4. The monoisotopic (exact) mass is 408 g/mol. The van der Waals surface area contributed by atoms with Gasteiger partial charge in [0.15, 0.2) is 0 Å². The van der Waals surface area contributed by atoms with Gasteiger partial charge in [-0.3, -0.25) is 4.79 Å². The third-order valence-corrected chi connectivity index (χ3v) is 7.65. The zero-order valence-electron chi connectivity index (χ0n) is 15.7. The van der Waals surface area contributed by atoms with Gasteiger partial charge in [0.25, 0.3) is 5.91 Å². The lowest BCUT2D eigenvalue weighted by Gasteiger charge is -2.29. The molecule has 6 nitrogen and oxygen atoms in total. The van der Waals surface area contributed by atoms with Gasteiger partial charge in [0.1, 0.15) is 0 Å². The number of carbonyl (C=O) groups excluding carboxylic acids is 1. The third kappa shape index (κ3) is 4.57. The van der Waals surface area contributed by atoms with Gasteiger partial charge >= 0.3 is 0 Å². The predicted octanol–water partition coefficient (Wildman–Crippen LogP) is 0.929. The van der Waals surface area contributed by atoms with E-state index in [-0.39, 0.29) is 10.8 Å². The number of sulfonamides is 1. The Labute approximate surface area is 165 Å². The number of piperazine rings is 1. The van der Waals surface area contributed by atoms with Crippen LogP contribution in [0.15, 0.2) is 46.7 Å². The highest BCUT2D eigenvalue weighted by Gasteiger charge is 2.29. The van der Waals surface area contributed by atoms with Crippen LogP contribution in [0, 0.1) is 0 Å². The van der Waals surface area contributed by atoms with Crippen LogP contribution in [0.1, 0.15) is 22.2 Å². The van der Waals surface area contributed by atoms with Crippen LogP contribution in [0.25, 0.3) is 0 Å². The van der Waals surface area contributed by atoms with Crippen molar-refractivity contribution in [3.8, 4) is 0 Å². The van der Waals surface area contributed by atoms with E-state index in [2.05, 4.69) is 7.05 Å². The van der Waals surface area contributed by atoms with Gasteiger partial charge in [-0.1, -0.05) is 12.1 Å². The molecule has 0 spiro atoms. The first-order chi connectivity index (χ1) is 12.9. The Morgan fingerprint density at radius 2 is 1.96 bits per heavy atom. The molecule has 3 rings (SSSR count). The fourth-order valence-electron chi connectivity index (χ4n) is 3.15. The molecule has 146 valence electrons. The SMILES string of the molecule is CCN(Cc1cccs1)C(=O)c1cccc(S(=O)(=O)N2CC[NH+](C)CC2)c1. The number of hydrogen-bond acceptors (Lipinski definition) is 4. The molecule has 0 saturated carbocycles. The molecule has 2 aromatic rings. The van der Waals surface area contributed by atoms with Gasteiger partial charge in [0.2, 0.25) is 10.0 Å². The summed E-state index contributed by atoms with van der Waals surface area (Å²) in [5.74, 6) is -0.147. The van der Waals surface area contributed by atoms with E-state index in [4.69, 9.17) is 0 Å². The summed E-state index contributed by atoms with van der Waals surface area (Å²) in [5, 5.41) is 1.98. The summed E-state index contributed by atoms with van der Waals surface area (Å²) in [7, 11) is -1.51. The Balaban J connectivity index is 1.80. The fourth-order valence-corrected chi connectivity index (χ4v) is 5.35. The van der Waals surface area contributed by atoms with E-state index in [0.717, 1.165) is 18.0 Å². The Morgan fingerprint density at radius 1 is 1.22 bits per heavy atom. The molecule has 0 unspecified atom stereocenters. The highest BCUT2D eigenvalue weighted by molar-refractivity contribution is 7.89. The number of likely N-dealkylation sites (N-methyl/N-ethyl adjacent to an activating group) is 1. The van der Waals surface area contributed by atoms with Crippen molar-refractivity contribution in [2.45, 2.75) is 18.4 Å². The lowest BCUT2D eigenvalue weighted by atomic mass is 10.2. The maximum Gasteiger partial charge on any atom is 0.254 e.